The third-order valence-corrected chi connectivity index (χ3v) is 4.02. The van der Waals surface area contributed by atoms with Crippen molar-refractivity contribution in [2.75, 3.05) is 13.1 Å². The van der Waals surface area contributed by atoms with E-state index in [0.717, 1.165) is 13.1 Å². The van der Waals surface area contributed by atoms with Gasteiger partial charge in [-0.05, 0) is 25.1 Å². The number of nitrogens with one attached hydrogen (secondary N) is 2. The first-order valence-corrected chi connectivity index (χ1v) is 7.62. The molecule has 0 amide bonds. The van der Waals surface area contributed by atoms with E-state index in [0.29, 0.717) is 5.25 Å². The van der Waals surface area contributed by atoms with Crippen LogP contribution in [0.25, 0.3) is 10.9 Å². The van der Waals surface area contributed by atoms with E-state index in [-0.39, 0.29) is 0 Å². The topological polar surface area (TPSA) is 27.8 Å². The smallest absolute Gasteiger partial charge is 0.0735 e. The van der Waals surface area contributed by atoms with E-state index in [1.54, 1.807) is 0 Å². The zero-order chi connectivity index (χ0) is 12.8. The van der Waals surface area contributed by atoms with E-state index >= 15 is 0 Å². The van der Waals surface area contributed by atoms with Gasteiger partial charge in [-0.25, -0.2) is 0 Å². The van der Waals surface area contributed by atoms with E-state index < -0.39 is 0 Å². The molecule has 0 saturated heterocycles. The number of unbranched alkanes of at least 4 members (excludes halogenated alkanes) is 1. The predicted octanol–water partition coefficient (Wildman–Crippen LogP) is 4.04. The molecule has 2 rings (SSSR count). The van der Waals surface area contributed by atoms with E-state index in [1.807, 2.05) is 11.8 Å². The molecule has 3 heteroatoms. The van der Waals surface area contributed by atoms with Gasteiger partial charge in [0.15, 0.2) is 0 Å². The van der Waals surface area contributed by atoms with Crippen molar-refractivity contribution < 1.29 is 0 Å². The minimum Gasteiger partial charge on any atom is -0.350 e. The Hall–Kier alpha value is -0.930. The lowest BCUT2D eigenvalue weighted by Crippen LogP contribution is -2.23. The van der Waals surface area contributed by atoms with Crippen molar-refractivity contribution in [1.82, 2.24) is 10.3 Å². The molecule has 1 aromatic heterocycles. The molecule has 2 aromatic rings. The monoisotopic (exact) mass is 262 g/mol. The van der Waals surface area contributed by atoms with Crippen molar-refractivity contribution in [3.8, 4) is 0 Å². The number of aromatic amines is 1. The molecule has 2 nitrogen and oxygen atoms in total. The molecule has 1 aromatic carbocycles. The molecule has 1 heterocycles. The maximum atomic E-state index is 3.51. The van der Waals surface area contributed by atoms with Gasteiger partial charge in [-0.2, -0.15) is 0 Å². The summed E-state index contributed by atoms with van der Waals surface area (Å²) >= 11 is 1.91. The summed E-state index contributed by atoms with van der Waals surface area (Å²) < 4.78 is 0. The van der Waals surface area contributed by atoms with Gasteiger partial charge >= 0.3 is 0 Å². The first-order chi connectivity index (χ1) is 8.79. The van der Waals surface area contributed by atoms with Crippen LogP contribution in [0.15, 0.2) is 35.4 Å². The molecule has 0 aliphatic heterocycles. The number of fused-ring (bicyclic) bond motifs is 1. The molecular formula is C15H22N2S. The van der Waals surface area contributed by atoms with Crippen molar-refractivity contribution in [3.63, 3.8) is 0 Å². The van der Waals surface area contributed by atoms with Gasteiger partial charge in [0, 0.05) is 22.7 Å². The normalized spacial score (nSPS) is 13.0. The standard InChI is InChI=1S/C15H22N2S/c1-3-4-9-16-11-12(2)18-15-10-13-7-5-6-8-14(13)17-15/h5-8,10,12,16-17H,3-4,9,11H2,1-2H3. The quantitative estimate of drug-likeness (QED) is 0.582. The fourth-order valence-electron chi connectivity index (χ4n) is 1.98. The van der Waals surface area contributed by atoms with Gasteiger partial charge in [-0.15, -0.1) is 11.8 Å². The lowest BCUT2D eigenvalue weighted by atomic mass is 10.3. The molecule has 2 N–H and O–H groups in total. The molecule has 0 aliphatic carbocycles. The molecule has 0 saturated carbocycles. The Bertz CT molecular complexity index is 445. The first kappa shape index (κ1) is 13.5. The molecule has 98 valence electrons. The van der Waals surface area contributed by atoms with Crippen LogP contribution in [0.2, 0.25) is 0 Å². The van der Waals surface area contributed by atoms with Crippen molar-refractivity contribution in [2.45, 2.75) is 37.0 Å². The van der Waals surface area contributed by atoms with Crippen LogP contribution < -0.4 is 5.32 Å². The second-order valence-electron chi connectivity index (χ2n) is 4.71. The van der Waals surface area contributed by atoms with Gasteiger partial charge in [0.25, 0.3) is 0 Å². The molecular weight excluding hydrogens is 240 g/mol. The van der Waals surface area contributed by atoms with Crippen LogP contribution in [0.3, 0.4) is 0 Å². The van der Waals surface area contributed by atoms with Gasteiger partial charge in [0.1, 0.15) is 0 Å². The molecule has 0 bridgehead atoms. The molecule has 1 atom stereocenters. The maximum absolute atomic E-state index is 3.51. The first-order valence-electron chi connectivity index (χ1n) is 6.74. The van der Waals surface area contributed by atoms with E-state index in [9.17, 15) is 0 Å². The fraction of sp³-hybridized carbons (Fsp3) is 0.467. The van der Waals surface area contributed by atoms with Crippen LogP contribution in [0.5, 0.6) is 0 Å². The van der Waals surface area contributed by atoms with Gasteiger partial charge < -0.3 is 10.3 Å². The zero-order valence-corrected chi connectivity index (χ0v) is 12.0. The molecule has 0 spiro atoms. The molecule has 18 heavy (non-hydrogen) atoms. The highest BCUT2D eigenvalue weighted by Gasteiger charge is 2.06. The van der Waals surface area contributed by atoms with Crippen molar-refractivity contribution in [1.29, 1.82) is 0 Å². The Morgan fingerprint density at radius 1 is 1.33 bits per heavy atom. The summed E-state index contributed by atoms with van der Waals surface area (Å²) in [6, 6.07) is 10.7. The van der Waals surface area contributed by atoms with Crippen molar-refractivity contribution >= 4 is 22.7 Å². The highest BCUT2D eigenvalue weighted by atomic mass is 32.2. The molecule has 0 aliphatic rings. The van der Waals surface area contributed by atoms with Gasteiger partial charge in [-0.1, -0.05) is 38.5 Å². The number of hydrogen-bond acceptors (Lipinski definition) is 2. The number of benzene rings is 1. The minimum atomic E-state index is 0.593. The van der Waals surface area contributed by atoms with E-state index in [2.05, 4.69) is 54.5 Å². The second kappa shape index (κ2) is 6.86. The van der Waals surface area contributed by atoms with Crippen LogP contribution in [0.4, 0.5) is 0 Å². The number of aromatic nitrogens is 1. The Morgan fingerprint density at radius 2 is 2.17 bits per heavy atom. The minimum absolute atomic E-state index is 0.593. The fourth-order valence-corrected chi connectivity index (χ4v) is 2.97. The van der Waals surface area contributed by atoms with Crippen molar-refractivity contribution in [2.24, 2.45) is 0 Å². The Labute approximate surface area is 114 Å². The summed E-state index contributed by atoms with van der Waals surface area (Å²) in [7, 11) is 0. The lowest BCUT2D eigenvalue weighted by Gasteiger charge is -2.10. The lowest BCUT2D eigenvalue weighted by molar-refractivity contribution is 0.638. The second-order valence-corrected chi connectivity index (χ2v) is 6.19. The number of H-pyrrole nitrogens is 1. The van der Waals surface area contributed by atoms with Crippen LogP contribution in [-0.4, -0.2) is 23.3 Å². The summed E-state index contributed by atoms with van der Waals surface area (Å²) in [5, 5.41) is 6.66. The average molecular weight is 262 g/mol. The SMILES string of the molecule is CCCCNCC(C)Sc1cc2ccccc2[nH]1. The van der Waals surface area contributed by atoms with Crippen LogP contribution in [0, 0.1) is 0 Å². The van der Waals surface area contributed by atoms with Crippen LogP contribution in [0.1, 0.15) is 26.7 Å². The largest absolute Gasteiger partial charge is 0.350 e. The van der Waals surface area contributed by atoms with Gasteiger partial charge in [0.2, 0.25) is 0 Å². The average Bonchev–Trinajstić information content (AvgIpc) is 2.76. The predicted molar refractivity (Wildman–Crippen MR) is 81.4 cm³/mol. The van der Waals surface area contributed by atoms with E-state index in [1.165, 1.54) is 28.8 Å². The summed E-state index contributed by atoms with van der Waals surface area (Å²) in [6.45, 7) is 6.70. The Balaban J connectivity index is 1.84. The number of para-hydroxylation sites is 1. The highest BCUT2D eigenvalue weighted by molar-refractivity contribution is 7.99. The zero-order valence-electron chi connectivity index (χ0n) is 11.2. The number of thioether (sulfide) groups is 1. The molecule has 1 unspecified atom stereocenters. The summed E-state index contributed by atoms with van der Waals surface area (Å²) in [5.41, 5.74) is 1.23. The summed E-state index contributed by atoms with van der Waals surface area (Å²) in [6.07, 6.45) is 2.53. The third kappa shape index (κ3) is 3.79. The van der Waals surface area contributed by atoms with Crippen molar-refractivity contribution in [3.05, 3.63) is 30.3 Å². The van der Waals surface area contributed by atoms with Crippen LogP contribution in [-0.2, 0) is 0 Å². The third-order valence-electron chi connectivity index (χ3n) is 2.97. The van der Waals surface area contributed by atoms with E-state index in [4.69, 9.17) is 0 Å². The number of hydrogen-bond donors (Lipinski definition) is 2. The summed E-state index contributed by atoms with van der Waals surface area (Å²) in [4.78, 5) is 3.46. The Morgan fingerprint density at radius 3 is 2.94 bits per heavy atom. The highest BCUT2D eigenvalue weighted by Crippen LogP contribution is 2.26. The maximum Gasteiger partial charge on any atom is 0.0735 e. The molecule has 0 radical (unpaired) electrons. The van der Waals surface area contributed by atoms with Gasteiger partial charge in [0.05, 0.1) is 5.03 Å². The molecule has 0 fully saturated rings. The van der Waals surface area contributed by atoms with Gasteiger partial charge in [-0.3, -0.25) is 0 Å². The van der Waals surface area contributed by atoms with Crippen LogP contribution >= 0.6 is 11.8 Å². The Kier molecular flexibility index (Phi) is 5.14. The summed E-state index contributed by atoms with van der Waals surface area (Å²) in [5.74, 6) is 0. The number of rotatable bonds is 7.